The minimum absolute atomic E-state index is 0.0249. The molecule has 70 valence electrons. The third kappa shape index (κ3) is 1.15. The SMILES string of the molecule is CCn1c2c(cc(N)c1=O)CCC2. The van der Waals surface area contributed by atoms with Gasteiger partial charge in [-0.15, -0.1) is 0 Å². The fourth-order valence-electron chi connectivity index (χ4n) is 2.08. The maximum Gasteiger partial charge on any atom is 0.273 e. The molecule has 0 bridgehead atoms. The summed E-state index contributed by atoms with van der Waals surface area (Å²) in [5, 5.41) is 0. The molecule has 0 spiro atoms. The zero-order valence-corrected chi connectivity index (χ0v) is 7.84. The molecule has 0 aliphatic heterocycles. The van der Waals surface area contributed by atoms with E-state index in [1.165, 1.54) is 11.3 Å². The van der Waals surface area contributed by atoms with Crippen LogP contribution in [0.2, 0.25) is 0 Å². The molecule has 3 heteroatoms. The first-order chi connectivity index (χ1) is 6.24. The first-order valence-electron chi connectivity index (χ1n) is 4.75. The topological polar surface area (TPSA) is 48.0 Å². The number of nitrogens with zero attached hydrogens (tertiary/aromatic N) is 1. The highest BCUT2D eigenvalue weighted by molar-refractivity contribution is 5.42. The lowest BCUT2D eigenvalue weighted by molar-refractivity contribution is 0.684. The second-order valence-electron chi connectivity index (χ2n) is 3.47. The summed E-state index contributed by atoms with van der Waals surface area (Å²) >= 11 is 0. The minimum atomic E-state index is -0.0249. The number of aromatic nitrogens is 1. The van der Waals surface area contributed by atoms with Crippen LogP contribution in [0.3, 0.4) is 0 Å². The molecule has 0 unspecified atom stereocenters. The van der Waals surface area contributed by atoms with Gasteiger partial charge in [0.2, 0.25) is 0 Å². The van der Waals surface area contributed by atoms with Crippen molar-refractivity contribution in [2.45, 2.75) is 32.7 Å². The molecular formula is C10H14N2O. The Morgan fingerprint density at radius 1 is 1.54 bits per heavy atom. The van der Waals surface area contributed by atoms with Gasteiger partial charge in [-0.3, -0.25) is 4.79 Å². The predicted molar refractivity (Wildman–Crippen MR) is 52.8 cm³/mol. The molecule has 0 atom stereocenters. The van der Waals surface area contributed by atoms with E-state index in [1.807, 2.05) is 13.0 Å². The highest BCUT2D eigenvalue weighted by atomic mass is 16.1. The van der Waals surface area contributed by atoms with Crippen molar-refractivity contribution in [1.29, 1.82) is 0 Å². The summed E-state index contributed by atoms with van der Waals surface area (Å²) < 4.78 is 1.80. The highest BCUT2D eigenvalue weighted by Gasteiger charge is 2.16. The predicted octanol–water partition coefficient (Wildman–Crippen LogP) is 0.939. The fraction of sp³-hybridized carbons (Fsp3) is 0.500. The Morgan fingerprint density at radius 2 is 2.31 bits per heavy atom. The number of nitrogen functional groups attached to an aromatic ring is 1. The van der Waals surface area contributed by atoms with Crippen molar-refractivity contribution in [3.8, 4) is 0 Å². The van der Waals surface area contributed by atoms with Crippen molar-refractivity contribution < 1.29 is 0 Å². The fourth-order valence-corrected chi connectivity index (χ4v) is 2.08. The average Bonchev–Trinajstić information content (AvgIpc) is 2.54. The van der Waals surface area contributed by atoms with E-state index in [-0.39, 0.29) is 5.56 Å². The third-order valence-corrected chi connectivity index (χ3v) is 2.69. The van der Waals surface area contributed by atoms with Gasteiger partial charge in [0.15, 0.2) is 0 Å². The average molecular weight is 178 g/mol. The lowest BCUT2D eigenvalue weighted by atomic mass is 10.2. The summed E-state index contributed by atoms with van der Waals surface area (Å²) in [6, 6.07) is 1.84. The van der Waals surface area contributed by atoms with Crippen molar-refractivity contribution in [2.75, 3.05) is 5.73 Å². The number of anilines is 1. The lowest BCUT2D eigenvalue weighted by Crippen LogP contribution is -2.25. The number of rotatable bonds is 1. The van der Waals surface area contributed by atoms with Crippen molar-refractivity contribution in [3.05, 3.63) is 27.7 Å². The van der Waals surface area contributed by atoms with E-state index in [1.54, 1.807) is 4.57 Å². The van der Waals surface area contributed by atoms with Crippen LogP contribution in [0.5, 0.6) is 0 Å². The number of hydrogen-bond acceptors (Lipinski definition) is 2. The Labute approximate surface area is 77.2 Å². The van der Waals surface area contributed by atoms with Gasteiger partial charge in [0.1, 0.15) is 0 Å². The summed E-state index contributed by atoms with van der Waals surface area (Å²) in [6.07, 6.45) is 3.25. The molecule has 0 saturated carbocycles. The van der Waals surface area contributed by atoms with E-state index in [0.717, 1.165) is 25.8 Å². The summed E-state index contributed by atoms with van der Waals surface area (Å²) in [5.41, 5.74) is 8.46. The van der Waals surface area contributed by atoms with E-state index in [9.17, 15) is 4.79 Å². The molecule has 1 aromatic rings. The molecule has 0 aromatic carbocycles. The van der Waals surface area contributed by atoms with Gasteiger partial charge in [-0.05, 0) is 37.8 Å². The molecule has 13 heavy (non-hydrogen) atoms. The van der Waals surface area contributed by atoms with Crippen LogP contribution >= 0.6 is 0 Å². The van der Waals surface area contributed by atoms with Crippen LogP contribution in [0, 0.1) is 0 Å². The lowest BCUT2D eigenvalue weighted by Gasteiger charge is -2.10. The van der Waals surface area contributed by atoms with Gasteiger partial charge >= 0.3 is 0 Å². The molecule has 2 rings (SSSR count). The smallest absolute Gasteiger partial charge is 0.273 e. The van der Waals surface area contributed by atoms with Gasteiger partial charge < -0.3 is 10.3 Å². The Bertz CT molecular complexity index is 393. The van der Waals surface area contributed by atoms with E-state index in [4.69, 9.17) is 5.73 Å². The molecule has 0 radical (unpaired) electrons. The first-order valence-corrected chi connectivity index (χ1v) is 4.75. The second-order valence-corrected chi connectivity index (χ2v) is 3.47. The van der Waals surface area contributed by atoms with Crippen LogP contribution in [0.15, 0.2) is 10.9 Å². The van der Waals surface area contributed by atoms with Crippen molar-refractivity contribution >= 4 is 5.69 Å². The van der Waals surface area contributed by atoms with Crippen molar-refractivity contribution in [1.82, 2.24) is 4.57 Å². The molecule has 1 aliphatic carbocycles. The van der Waals surface area contributed by atoms with Crippen LogP contribution in [-0.2, 0) is 19.4 Å². The van der Waals surface area contributed by atoms with Crippen molar-refractivity contribution in [3.63, 3.8) is 0 Å². The van der Waals surface area contributed by atoms with Gasteiger partial charge in [-0.25, -0.2) is 0 Å². The van der Waals surface area contributed by atoms with Crippen LogP contribution in [-0.4, -0.2) is 4.57 Å². The quantitative estimate of drug-likeness (QED) is 0.695. The van der Waals surface area contributed by atoms with Gasteiger partial charge in [-0.2, -0.15) is 0 Å². The van der Waals surface area contributed by atoms with Crippen LogP contribution in [0.25, 0.3) is 0 Å². The van der Waals surface area contributed by atoms with Crippen molar-refractivity contribution in [2.24, 2.45) is 0 Å². The largest absolute Gasteiger partial charge is 0.394 e. The second kappa shape index (κ2) is 2.91. The standard InChI is InChI=1S/C10H14N2O/c1-2-12-9-5-3-4-7(9)6-8(11)10(12)13/h6H,2-5,11H2,1H3. The zero-order chi connectivity index (χ0) is 9.42. The number of fused-ring (bicyclic) bond motifs is 1. The van der Waals surface area contributed by atoms with Gasteiger partial charge in [0, 0.05) is 12.2 Å². The van der Waals surface area contributed by atoms with E-state index < -0.39 is 0 Å². The molecule has 3 nitrogen and oxygen atoms in total. The molecule has 1 aromatic heterocycles. The van der Waals surface area contributed by atoms with Gasteiger partial charge in [-0.1, -0.05) is 0 Å². The molecule has 1 aliphatic rings. The van der Waals surface area contributed by atoms with E-state index >= 15 is 0 Å². The van der Waals surface area contributed by atoms with Crippen LogP contribution < -0.4 is 11.3 Å². The van der Waals surface area contributed by atoms with E-state index in [2.05, 4.69) is 0 Å². The zero-order valence-electron chi connectivity index (χ0n) is 7.84. The summed E-state index contributed by atoms with van der Waals surface area (Å²) in [4.78, 5) is 11.6. The molecular weight excluding hydrogens is 164 g/mol. The van der Waals surface area contributed by atoms with E-state index in [0.29, 0.717) is 5.69 Å². The number of nitrogens with two attached hydrogens (primary N) is 1. The van der Waals surface area contributed by atoms with Crippen LogP contribution in [0.1, 0.15) is 24.6 Å². The molecule has 0 amide bonds. The number of hydrogen-bond donors (Lipinski definition) is 1. The van der Waals surface area contributed by atoms with Crippen LogP contribution in [0.4, 0.5) is 5.69 Å². The molecule has 1 heterocycles. The van der Waals surface area contributed by atoms with Gasteiger partial charge in [0.05, 0.1) is 5.69 Å². The summed E-state index contributed by atoms with van der Waals surface area (Å²) in [7, 11) is 0. The minimum Gasteiger partial charge on any atom is -0.394 e. The Morgan fingerprint density at radius 3 is 3.00 bits per heavy atom. The van der Waals surface area contributed by atoms with Gasteiger partial charge in [0.25, 0.3) is 5.56 Å². The molecule has 0 fully saturated rings. The summed E-state index contributed by atoms with van der Waals surface area (Å²) in [5.74, 6) is 0. The Kier molecular flexibility index (Phi) is 1.87. The Hall–Kier alpha value is -1.25. The monoisotopic (exact) mass is 178 g/mol. The molecule has 2 N–H and O–H groups in total. The number of pyridine rings is 1. The first kappa shape index (κ1) is 8.35. The Balaban J connectivity index is 2.72. The number of aryl methyl sites for hydroxylation is 1. The highest BCUT2D eigenvalue weighted by Crippen LogP contribution is 2.21. The summed E-state index contributed by atoms with van der Waals surface area (Å²) in [6.45, 7) is 2.71. The third-order valence-electron chi connectivity index (χ3n) is 2.69. The molecule has 0 saturated heterocycles. The normalized spacial score (nSPS) is 14.5. The maximum absolute atomic E-state index is 11.6. The maximum atomic E-state index is 11.6.